The summed E-state index contributed by atoms with van der Waals surface area (Å²) in [6, 6.07) is 6.15. The highest BCUT2D eigenvalue weighted by molar-refractivity contribution is 5.78. The van der Waals surface area contributed by atoms with Gasteiger partial charge in [-0.2, -0.15) is 0 Å². The van der Waals surface area contributed by atoms with Crippen LogP contribution < -0.4 is 5.56 Å². The Bertz CT molecular complexity index is 658. The maximum absolute atomic E-state index is 12.2. The normalized spacial score (nSPS) is 12.8. The average Bonchev–Trinajstić information content (AvgIpc) is 2.45. The monoisotopic (exact) mass is 272 g/mol. The Morgan fingerprint density at radius 3 is 2.70 bits per heavy atom. The number of fused-ring (bicyclic) bond motifs is 1. The highest BCUT2D eigenvalue weighted by atomic mass is 16.1. The third-order valence-electron chi connectivity index (χ3n) is 4.19. The summed E-state index contributed by atoms with van der Waals surface area (Å²) in [6.07, 6.45) is 4.82. The fourth-order valence-corrected chi connectivity index (χ4v) is 2.71. The van der Waals surface area contributed by atoms with Gasteiger partial charge < -0.3 is 0 Å². The van der Waals surface area contributed by atoms with Crippen molar-refractivity contribution in [1.29, 1.82) is 0 Å². The van der Waals surface area contributed by atoms with E-state index in [4.69, 9.17) is 0 Å². The van der Waals surface area contributed by atoms with Crippen LogP contribution in [0.15, 0.2) is 23.0 Å². The number of hydrogen-bond donors (Lipinski definition) is 0. The fourth-order valence-electron chi connectivity index (χ4n) is 2.71. The molecule has 2 aromatic rings. The van der Waals surface area contributed by atoms with E-state index in [2.05, 4.69) is 31.0 Å². The first-order chi connectivity index (χ1) is 9.58. The summed E-state index contributed by atoms with van der Waals surface area (Å²) < 4.78 is 1.61. The molecule has 0 fully saturated rings. The van der Waals surface area contributed by atoms with E-state index >= 15 is 0 Å². The molecular formula is C17H24N2O. The second kappa shape index (κ2) is 6.21. The third kappa shape index (κ3) is 2.77. The predicted octanol–water partition coefficient (Wildman–Crippen LogP) is 3.93. The molecule has 0 amide bonds. The zero-order valence-electron chi connectivity index (χ0n) is 12.9. The van der Waals surface area contributed by atoms with E-state index in [1.807, 2.05) is 13.0 Å². The number of rotatable bonds is 5. The molecule has 0 aliphatic heterocycles. The number of hydrogen-bond acceptors (Lipinski definition) is 2. The van der Waals surface area contributed by atoms with Gasteiger partial charge in [-0.15, -0.1) is 0 Å². The second-order valence-corrected chi connectivity index (χ2v) is 5.55. The van der Waals surface area contributed by atoms with Crippen LogP contribution in [0, 0.1) is 6.92 Å². The van der Waals surface area contributed by atoms with Crippen LogP contribution in [-0.4, -0.2) is 9.55 Å². The minimum atomic E-state index is 0.0423. The van der Waals surface area contributed by atoms with Crippen LogP contribution in [0.1, 0.15) is 56.8 Å². The highest BCUT2D eigenvalue weighted by Gasteiger charge is 2.12. The van der Waals surface area contributed by atoms with E-state index < -0.39 is 0 Å². The van der Waals surface area contributed by atoms with Crippen LogP contribution in [-0.2, 0) is 7.05 Å². The van der Waals surface area contributed by atoms with Crippen molar-refractivity contribution in [2.24, 2.45) is 7.05 Å². The van der Waals surface area contributed by atoms with Crippen LogP contribution in [0.4, 0.5) is 0 Å². The molecule has 0 aliphatic rings. The molecule has 0 bridgehead atoms. The van der Waals surface area contributed by atoms with E-state index in [1.54, 1.807) is 11.6 Å². The summed E-state index contributed by atoms with van der Waals surface area (Å²) in [5.41, 5.74) is 2.19. The van der Waals surface area contributed by atoms with Gasteiger partial charge >= 0.3 is 0 Å². The quantitative estimate of drug-likeness (QED) is 0.826. The van der Waals surface area contributed by atoms with Crippen LogP contribution in [0.3, 0.4) is 0 Å². The van der Waals surface area contributed by atoms with Gasteiger partial charge in [0.2, 0.25) is 0 Å². The lowest BCUT2D eigenvalue weighted by Crippen LogP contribution is -2.20. The van der Waals surface area contributed by atoms with Gasteiger partial charge in [-0.05, 0) is 43.4 Å². The fraction of sp³-hybridized carbons (Fsp3) is 0.529. The number of aryl methyl sites for hydroxylation is 1. The van der Waals surface area contributed by atoms with Gasteiger partial charge in [-0.1, -0.05) is 32.8 Å². The van der Waals surface area contributed by atoms with Crippen LogP contribution in [0.5, 0.6) is 0 Å². The largest absolute Gasteiger partial charge is 0.299 e. The molecule has 0 saturated heterocycles. The molecule has 0 saturated carbocycles. The molecule has 1 unspecified atom stereocenters. The summed E-state index contributed by atoms with van der Waals surface area (Å²) >= 11 is 0. The molecule has 20 heavy (non-hydrogen) atoms. The summed E-state index contributed by atoms with van der Waals surface area (Å²) in [7, 11) is 1.77. The maximum atomic E-state index is 12.2. The molecule has 3 nitrogen and oxygen atoms in total. The second-order valence-electron chi connectivity index (χ2n) is 5.55. The number of benzene rings is 1. The molecule has 2 rings (SSSR count). The highest BCUT2D eigenvalue weighted by Crippen LogP contribution is 2.27. The molecular weight excluding hydrogens is 248 g/mol. The van der Waals surface area contributed by atoms with Gasteiger partial charge in [0.15, 0.2) is 0 Å². The van der Waals surface area contributed by atoms with E-state index in [-0.39, 0.29) is 5.56 Å². The number of unbranched alkanes of at least 4 members (excludes halogenated alkanes) is 1. The molecule has 1 heterocycles. The van der Waals surface area contributed by atoms with Crippen molar-refractivity contribution >= 4 is 10.9 Å². The lowest BCUT2D eigenvalue weighted by molar-refractivity contribution is 0.570. The smallest absolute Gasteiger partial charge is 0.261 e. The van der Waals surface area contributed by atoms with Gasteiger partial charge in [0.25, 0.3) is 5.56 Å². The van der Waals surface area contributed by atoms with Crippen molar-refractivity contribution in [1.82, 2.24) is 9.55 Å². The summed E-state index contributed by atoms with van der Waals surface area (Å²) in [6.45, 7) is 6.33. The predicted molar refractivity (Wildman–Crippen MR) is 84.3 cm³/mol. The number of aromatic nitrogens is 2. The molecule has 1 aromatic carbocycles. The van der Waals surface area contributed by atoms with Gasteiger partial charge in [-0.25, -0.2) is 4.98 Å². The zero-order chi connectivity index (χ0) is 14.7. The van der Waals surface area contributed by atoms with Gasteiger partial charge in [0.1, 0.15) is 5.82 Å². The zero-order valence-corrected chi connectivity index (χ0v) is 12.9. The third-order valence-corrected chi connectivity index (χ3v) is 4.19. The average molecular weight is 272 g/mol. The van der Waals surface area contributed by atoms with E-state index in [0.29, 0.717) is 11.3 Å². The Morgan fingerprint density at radius 1 is 1.30 bits per heavy atom. The van der Waals surface area contributed by atoms with Crippen molar-refractivity contribution in [3.05, 3.63) is 39.9 Å². The standard InChI is InChI=1S/C17H24N2O/c1-5-7-8-13(6-2)14-9-10-15-16(11-14)18-12(3)19(4)17(15)20/h9-11,13H,5-8H2,1-4H3. The molecule has 0 N–H and O–H groups in total. The van der Waals surface area contributed by atoms with Crippen molar-refractivity contribution in [3.63, 3.8) is 0 Å². The first-order valence-corrected chi connectivity index (χ1v) is 7.55. The lowest BCUT2D eigenvalue weighted by Gasteiger charge is -2.15. The van der Waals surface area contributed by atoms with E-state index in [0.717, 1.165) is 17.8 Å². The lowest BCUT2D eigenvalue weighted by atomic mass is 9.91. The van der Waals surface area contributed by atoms with Gasteiger partial charge in [0.05, 0.1) is 10.9 Å². The van der Waals surface area contributed by atoms with Crippen molar-refractivity contribution < 1.29 is 0 Å². The first-order valence-electron chi connectivity index (χ1n) is 7.55. The molecule has 0 aliphatic carbocycles. The molecule has 0 spiro atoms. The molecule has 108 valence electrons. The van der Waals surface area contributed by atoms with Crippen molar-refractivity contribution in [2.75, 3.05) is 0 Å². The summed E-state index contributed by atoms with van der Waals surface area (Å²) in [5, 5.41) is 0.715. The molecule has 0 radical (unpaired) electrons. The van der Waals surface area contributed by atoms with Crippen molar-refractivity contribution in [3.8, 4) is 0 Å². The van der Waals surface area contributed by atoms with Crippen LogP contribution in [0.25, 0.3) is 10.9 Å². The Hall–Kier alpha value is -1.64. The van der Waals surface area contributed by atoms with Crippen molar-refractivity contribution in [2.45, 2.75) is 52.4 Å². The first kappa shape index (κ1) is 14.8. The topological polar surface area (TPSA) is 34.9 Å². The SMILES string of the molecule is CCCCC(CC)c1ccc2c(=O)n(C)c(C)nc2c1. The Labute approximate surface area is 120 Å². The van der Waals surface area contributed by atoms with Gasteiger partial charge in [-0.3, -0.25) is 9.36 Å². The van der Waals surface area contributed by atoms with Gasteiger partial charge in [0, 0.05) is 7.05 Å². The number of nitrogens with zero attached hydrogens (tertiary/aromatic N) is 2. The molecule has 3 heteroatoms. The minimum absolute atomic E-state index is 0.0423. The molecule has 1 atom stereocenters. The Kier molecular flexibility index (Phi) is 4.58. The van der Waals surface area contributed by atoms with Crippen LogP contribution >= 0.6 is 0 Å². The summed E-state index contributed by atoms with van der Waals surface area (Å²) in [5.74, 6) is 1.34. The Balaban J connectivity index is 2.48. The Morgan fingerprint density at radius 2 is 2.05 bits per heavy atom. The van der Waals surface area contributed by atoms with E-state index in [1.165, 1.54) is 24.8 Å². The van der Waals surface area contributed by atoms with E-state index in [9.17, 15) is 4.79 Å². The summed E-state index contributed by atoms with van der Waals surface area (Å²) in [4.78, 5) is 16.8. The maximum Gasteiger partial charge on any atom is 0.261 e. The minimum Gasteiger partial charge on any atom is -0.299 e. The molecule has 1 aromatic heterocycles. The van der Waals surface area contributed by atoms with Crippen LogP contribution in [0.2, 0.25) is 0 Å².